The highest BCUT2D eigenvalue weighted by molar-refractivity contribution is 7.99. The highest BCUT2D eigenvalue weighted by Crippen LogP contribution is 2.16. The lowest BCUT2D eigenvalue weighted by Gasteiger charge is -1.98. The first-order chi connectivity index (χ1) is 8.28. The molecule has 0 aromatic carbocycles. The number of hydrogen-bond donors (Lipinski definition) is 2. The fourth-order valence-corrected chi connectivity index (χ4v) is 2.27. The van der Waals surface area contributed by atoms with Crippen LogP contribution in [0.5, 0.6) is 0 Å². The number of aromatic nitrogens is 5. The molecule has 0 aliphatic heterocycles. The van der Waals surface area contributed by atoms with Crippen molar-refractivity contribution in [1.29, 1.82) is 0 Å². The van der Waals surface area contributed by atoms with E-state index in [2.05, 4.69) is 30.7 Å². The van der Waals surface area contributed by atoms with Crippen LogP contribution in [0, 0.1) is 0 Å². The fourth-order valence-electron chi connectivity index (χ4n) is 1.00. The van der Waals surface area contributed by atoms with E-state index in [0.29, 0.717) is 10.3 Å². The van der Waals surface area contributed by atoms with Crippen molar-refractivity contribution in [2.24, 2.45) is 0 Å². The van der Waals surface area contributed by atoms with Crippen molar-refractivity contribution in [2.45, 2.75) is 18.5 Å². The SMILES string of the molecule is CCc1nnc(NC(=O)CSc2ncn[nH]2)s1. The van der Waals surface area contributed by atoms with Crippen LogP contribution in [-0.2, 0) is 11.2 Å². The van der Waals surface area contributed by atoms with Crippen molar-refractivity contribution >= 4 is 34.1 Å². The van der Waals surface area contributed by atoms with Crippen molar-refractivity contribution in [1.82, 2.24) is 25.4 Å². The summed E-state index contributed by atoms with van der Waals surface area (Å²) in [7, 11) is 0. The first kappa shape index (κ1) is 12.0. The first-order valence-electron chi connectivity index (χ1n) is 4.88. The molecule has 0 bridgehead atoms. The van der Waals surface area contributed by atoms with Gasteiger partial charge in [0.2, 0.25) is 11.0 Å². The maximum atomic E-state index is 11.6. The largest absolute Gasteiger partial charge is 0.300 e. The lowest BCUT2D eigenvalue weighted by atomic mass is 10.5. The lowest BCUT2D eigenvalue weighted by molar-refractivity contribution is -0.113. The molecule has 0 aliphatic carbocycles. The maximum Gasteiger partial charge on any atom is 0.236 e. The number of nitrogens with zero attached hydrogens (tertiary/aromatic N) is 4. The van der Waals surface area contributed by atoms with Gasteiger partial charge in [0.25, 0.3) is 0 Å². The molecule has 17 heavy (non-hydrogen) atoms. The molecule has 1 amide bonds. The molecule has 0 radical (unpaired) electrons. The summed E-state index contributed by atoms with van der Waals surface area (Å²) in [5.41, 5.74) is 0. The smallest absolute Gasteiger partial charge is 0.236 e. The molecule has 9 heteroatoms. The van der Waals surface area contributed by atoms with Gasteiger partial charge in [-0.25, -0.2) is 4.98 Å². The number of aromatic amines is 1. The van der Waals surface area contributed by atoms with Crippen molar-refractivity contribution in [3.05, 3.63) is 11.3 Å². The summed E-state index contributed by atoms with van der Waals surface area (Å²) < 4.78 is 0. The summed E-state index contributed by atoms with van der Waals surface area (Å²) in [5, 5.41) is 18.9. The third-order valence-corrected chi connectivity index (χ3v) is 3.61. The van der Waals surface area contributed by atoms with Crippen LogP contribution in [0.2, 0.25) is 0 Å². The van der Waals surface area contributed by atoms with E-state index < -0.39 is 0 Å². The second-order valence-corrected chi connectivity index (χ2v) is 5.01. The summed E-state index contributed by atoms with van der Waals surface area (Å²) in [6.07, 6.45) is 2.22. The summed E-state index contributed by atoms with van der Waals surface area (Å²) in [6.45, 7) is 1.99. The molecule has 7 nitrogen and oxygen atoms in total. The summed E-state index contributed by atoms with van der Waals surface area (Å²) in [4.78, 5) is 15.5. The van der Waals surface area contributed by atoms with Crippen LogP contribution in [0.1, 0.15) is 11.9 Å². The zero-order valence-electron chi connectivity index (χ0n) is 9.01. The Balaban J connectivity index is 1.81. The zero-order valence-corrected chi connectivity index (χ0v) is 10.6. The van der Waals surface area contributed by atoms with E-state index in [4.69, 9.17) is 0 Å². The lowest BCUT2D eigenvalue weighted by Crippen LogP contribution is -2.13. The zero-order chi connectivity index (χ0) is 12.1. The van der Waals surface area contributed by atoms with Gasteiger partial charge in [0.05, 0.1) is 5.75 Å². The van der Waals surface area contributed by atoms with Gasteiger partial charge in [-0.15, -0.1) is 10.2 Å². The van der Waals surface area contributed by atoms with Crippen LogP contribution in [0.4, 0.5) is 5.13 Å². The standard InChI is InChI=1S/C8H10N6OS2/c1-2-6-12-14-8(17-6)11-5(15)3-16-7-9-4-10-13-7/h4H,2-3H2,1H3,(H,9,10,13)(H,11,14,15). The Labute approximate surface area is 105 Å². The Morgan fingerprint density at radius 2 is 2.47 bits per heavy atom. The van der Waals surface area contributed by atoms with E-state index in [-0.39, 0.29) is 11.7 Å². The van der Waals surface area contributed by atoms with E-state index in [1.165, 1.54) is 29.4 Å². The Morgan fingerprint density at radius 1 is 1.59 bits per heavy atom. The monoisotopic (exact) mass is 270 g/mol. The van der Waals surface area contributed by atoms with Gasteiger partial charge in [-0.3, -0.25) is 15.2 Å². The Hall–Kier alpha value is -1.48. The van der Waals surface area contributed by atoms with Crippen LogP contribution < -0.4 is 5.32 Å². The Bertz CT molecular complexity index is 482. The number of rotatable bonds is 5. The molecule has 0 saturated heterocycles. The molecule has 0 unspecified atom stereocenters. The average molecular weight is 270 g/mol. The minimum absolute atomic E-state index is 0.134. The number of nitrogens with one attached hydrogen (secondary N) is 2. The number of thioether (sulfide) groups is 1. The Morgan fingerprint density at radius 3 is 3.12 bits per heavy atom. The van der Waals surface area contributed by atoms with Gasteiger partial charge in [0.15, 0.2) is 5.16 Å². The van der Waals surface area contributed by atoms with Crippen molar-refractivity contribution in [2.75, 3.05) is 11.1 Å². The number of aryl methyl sites for hydroxylation is 1. The topological polar surface area (TPSA) is 96.5 Å². The molecule has 90 valence electrons. The molecule has 2 aromatic rings. The predicted molar refractivity (Wildman–Crippen MR) is 65.0 cm³/mol. The minimum atomic E-state index is -0.134. The molecule has 2 heterocycles. The quantitative estimate of drug-likeness (QED) is 0.785. The van der Waals surface area contributed by atoms with Gasteiger partial charge in [-0.1, -0.05) is 30.0 Å². The number of H-pyrrole nitrogens is 1. The van der Waals surface area contributed by atoms with Crippen LogP contribution in [0.25, 0.3) is 0 Å². The number of hydrogen-bond acceptors (Lipinski definition) is 7. The maximum absolute atomic E-state index is 11.6. The van der Waals surface area contributed by atoms with E-state index >= 15 is 0 Å². The summed E-state index contributed by atoms with van der Waals surface area (Å²) in [6, 6.07) is 0. The Kier molecular flexibility index (Phi) is 4.04. The second kappa shape index (κ2) is 5.73. The van der Waals surface area contributed by atoms with E-state index in [0.717, 1.165) is 11.4 Å². The summed E-state index contributed by atoms with van der Waals surface area (Å²) >= 11 is 2.67. The van der Waals surface area contributed by atoms with Gasteiger partial charge in [-0.05, 0) is 6.42 Å². The average Bonchev–Trinajstić information content (AvgIpc) is 2.97. The molecule has 2 aromatic heterocycles. The molecular weight excluding hydrogens is 260 g/mol. The van der Waals surface area contributed by atoms with Crippen LogP contribution in [0.15, 0.2) is 11.5 Å². The third kappa shape index (κ3) is 3.49. The molecule has 0 saturated carbocycles. The second-order valence-electron chi connectivity index (χ2n) is 2.98. The van der Waals surface area contributed by atoms with E-state index in [1.807, 2.05) is 6.92 Å². The first-order valence-corrected chi connectivity index (χ1v) is 6.68. The molecule has 0 atom stereocenters. The van der Waals surface area contributed by atoms with Gasteiger partial charge in [0, 0.05) is 0 Å². The van der Waals surface area contributed by atoms with Crippen molar-refractivity contribution < 1.29 is 4.79 Å². The predicted octanol–water partition coefficient (Wildman–Crippen LogP) is 0.949. The van der Waals surface area contributed by atoms with Crippen LogP contribution >= 0.6 is 23.1 Å². The summed E-state index contributed by atoms with van der Waals surface area (Å²) in [5.74, 6) is 0.126. The fraction of sp³-hybridized carbons (Fsp3) is 0.375. The van der Waals surface area contributed by atoms with E-state index in [1.54, 1.807) is 0 Å². The number of anilines is 1. The van der Waals surface area contributed by atoms with Gasteiger partial charge in [0.1, 0.15) is 11.3 Å². The number of carbonyl (C=O) groups is 1. The number of carbonyl (C=O) groups excluding carboxylic acids is 1. The van der Waals surface area contributed by atoms with E-state index in [9.17, 15) is 4.79 Å². The van der Waals surface area contributed by atoms with Crippen molar-refractivity contribution in [3.8, 4) is 0 Å². The normalized spacial score (nSPS) is 10.4. The number of amides is 1. The van der Waals surface area contributed by atoms with Crippen LogP contribution in [-0.4, -0.2) is 37.0 Å². The van der Waals surface area contributed by atoms with Gasteiger partial charge < -0.3 is 0 Å². The van der Waals surface area contributed by atoms with Gasteiger partial charge >= 0.3 is 0 Å². The highest BCUT2D eigenvalue weighted by Gasteiger charge is 2.08. The highest BCUT2D eigenvalue weighted by atomic mass is 32.2. The molecular formula is C8H10N6OS2. The molecule has 0 fully saturated rings. The minimum Gasteiger partial charge on any atom is -0.300 e. The molecule has 0 spiro atoms. The molecule has 0 aliphatic rings. The van der Waals surface area contributed by atoms with Crippen molar-refractivity contribution in [3.63, 3.8) is 0 Å². The van der Waals surface area contributed by atoms with Crippen LogP contribution in [0.3, 0.4) is 0 Å². The molecule has 2 N–H and O–H groups in total. The molecule has 2 rings (SSSR count). The van der Waals surface area contributed by atoms with Gasteiger partial charge in [-0.2, -0.15) is 5.10 Å². The third-order valence-electron chi connectivity index (χ3n) is 1.75.